The molecule has 0 fully saturated rings. The van der Waals surface area contributed by atoms with Gasteiger partial charge in [0.05, 0.1) is 45.6 Å². The highest BCUT2D eigenvalue weighted by atomic mass is 32.1. The number of benzene rings is 4. The Morgan fingerprint density at radius 3 is 1.38 bits per heavy atom. The zero-order valence-corrected chi connectivity index (χ0v) is 31.0. The van der Waals surface area contributed by atoms with Gasteiger partial charge in [0.1, 0.15) is 0 Å². The first kappa shape index (κ1) is 32.8. The fraction of sp³-hybridized carbons (Fsp3) is 0. The van der Waals surface area contributed by atoms with Crippen LogP contribution < -0.4 is 0 Å². The summed E-state index contributed by atoms with van der Waals surface area (Å²) in [5.74, 6) is 0. The molecule has 4 aromatic rings. The van der Waals surface area contributed by atoms with Crippen LogP contribution in [0.15, 0.2) is 208 Å². The number of rotatable bonds is 4. The van der Waals surface area contributed by atoms with Gasteiger partial charge in [-0.05, 0) is 95.1 Å². The molecule has 0 spiro atoms. The number of fused-ring (bicyclic) bond motifs is 4. The molecule has 0 atom stereocenters. The molecule has 0 saturated carbocycles. The van der Waals surface area contributed by atoms with E-state index in [4.69, 9.17) is 70.5 Å². The van der Waals surface area contributed by atoms with Gasteiger partial charge in [0.15, 0.2) is 0 Å². The molecule has 8 heteroatoms. The highest BCUT2D eigenvalue weighted by molar-refractivity contribution is 7.81. The van der Waals surface area contributed by atoms with Crippen molar-refractivity contribution in [3.63, 3.8) is 0 Å². The van der Waals surface area contributed by atoms with E-state index >= 15 is 0 Å². The molecule has 8 bridgehead atoms. The number of thiol groups is 4. The lowest BCUT2D eigenvalue weighted by molar-refractivity contribution is 1.35. The third-order valence-electron chi connectivity index (χ3n) is 9.19. The van der Waals surface area contributed by atoms with Crippen LogP contribution in [0, 0.1) is 0 Å². The van der Waals surface area contributed by atoms with Crippen molar-refractivity contribution in [2.75, 3.05) is 0 Å². The van der Waals surface area contributed by atoms with Crippen LogP contribution in [0.3, 0.4) is 0 Å². The van der Waals surface area contributed by atoms with Gasteiger partial charge in [-0.2, -0.15) is 0 Å². The van der Waals surface area contributed by atoms with E-state index < -0.39 is 0 Å². The lowest BCUT2D eigenvalue weighted by Gasteiger charge is -2.19. The van der Waals surface area contributed by atoms with E-state index in [2.05, 4.69) is 30.3 Å². The summed E-state index contributed by atoms with van der Waals surface area (Å²) in [5.41, 5.74) is 13.5. The molecule has 5 aliphatic heterocycles. The van der Waals surface area contributed by atoms with Crippen LogP contribution in [0.25, 0.3) is 22.3 Å². The van der Waals surface area contributed by atoms with Crippen LogP contribution in [0.4, 0.5) is 0 Å². The molecule has 9 rings (SSSR count). The largest absolute Gasteiger partial charge is 0.249 e. The van der Waals surface area contributed by atoms with Crippen molar-refractivity contribution in [1.29, 1.82) is 0 Å². The lowest BCUT2D eigenvalue weighted by atomic mass is 9.85. The van der Waals surface area contributed by atoms with Gasteiger partial charge in [-0.25, -0.2) is 20.0 Å². The van der Waals surface area contributed by atoms with Crippen LogP contribution in [-0.4, -0.2) is 22.8 Å². The molecule has 0 unspecified atom stereocenters. The van der Waals surface area contributed by atoms with E-state index in [1.54, 1.807) is 0 Å². The zero-order chi connectivity index (χ0) is 35.3. The Hall–Kier alpha value is -5.12. The number of allylic oxidation sites excluding steroid dienone is 12. The number of aliphatic imine (C=N–C) groups is 4. The third kappa shape index (κ3) is 5.91. The number of nitrogens with zero attached hydrogens (tertiary/aromatic N) is 4. The highest BCUT2D eigenvalue weighted by Gasteiger charge is 2.34. The van der Waals surface area contributed by atoms with Crippen molar-refractivity contribution in [3.05, 3.63) is 191 Å². The summed E-state index contributed by atoms with van der Waals surface area (Å²) < 4.78 is 0. The zero-order valence-electron chi connectivity index (χ0n) is 27.4. The second-order valence-electron chi connectivity index (χ2n) is 12.5. The standard InChI is InChI=1S/C44H28N4S4/c49-36-13-5-1-9-30(36)34-23-29-22-27-18-17-25(45-27)21-26-19-20-28(46-26)24-35-40(31-10-2-6-14-37(31)50)41(32-11-3-7-15-38(32)51)44(48-35)42(43(34)47-29)33-12-4-8-16-39(33)52/h1-24,49-52H. The minimum absolute atomic E-state index is 0.738. The first-order valence-corrected chi connectivity index (χ1v) is 18.4. The monoisotopic (exact) mass is 740 g/mol. The van der Waals surface area contributed by atoms with Crippen LogP contribution >= 0.6 is 50.5 Å². The number of hydrogen-bond donors (Lipinski definition) is 4. The topological polar surface area (TPSA) is 49.4 Å². The molecule has 0 aliphatic carbocycles. The smallest absolute Gasteiger partial charge is 0.0823 e. The molecule has 248 valence electrons. The van der Waals surface area contributed by atoms with Gasteiger partial charge < -0.3 is 0 Å². The van der Waals surface area contributed by atoms with Crippen LogP contribution in [0.2, 0.25) is 0 Å². The van der Waals surface area contributed by atoms with Crippen molar-refractivity contribution >= 4 is 95.7 Å². The average molecular weight is 741 g/mol. The van der Waals surface area contributed by atoms with E-state index in [0.29, 0.717) is 0 Å². The minimum atomic E-state index is 0.738. The van der Waals surface area contributed by atoms with Gasteiger partial charge >= 0.3 is 0 Å². The van der Waals surface area contributed by atoms with Crippen molar-refractivity contribution in [3.8, 4) is 0 Å². The molecule has 52 heavy (non-hydrogen) atoms. The first-order chi connectivity index (χ1) is 25.4. The summed E-state index contributed by atoms with van der Waals surface area (Å²) in [5, 5.41) is 0. The first-order valence-electron chi connectivity index (χ1n) is 16.6. The second kappa shape index (κ2) is 13.5. The Balaban J connectivity index is 1.47. The second-order valence-corrected chi connectivity index (χ2v) is 14.4. The number of hydrogen-bond acceptors (Lipinski definition) is 8. The molecule has 5 heterocycles. The van der Waals surface area contributed by atoms with Crippen LogP contribution in [0.1, 0.15) is 22.3 Å². The molecule has 0 aromatic heterocycles. The van der Waals surface area contributed by atoms with Gasteiger partial charge in [-0.15, -0.1) is 50.5 Å². The molecule has 5 aliphatic rings. The molecular weight excluding hydrogens is 713 g/mol. The maximum absolute atomic E-state index is 5.58. The summed E-state index contributed by atoms with van der Waals surface area (Å²) >= 11 is 20.0. The molecular formula is C44H28N4S4. The van der Waals surface area contributed by atoms with Crippen LogP contribution in [-0.2, 0) is 0 Å². The average Bonchev–Trinajstić information content (AvgIpc) is 3.95. The summed E-state index contributed by atoms with van der Waals surface area (Å²) in [7, 11) is 0. The van der Waals surface area contributed by atoms with Crippen molar-refractivity contribution in [2.24, 2.45) is 20.0 Å². The van der Waals surface area contributed by atoms with Crippen molar-refractivity contribution in [1.82, 2.24) is 0 Å². The summed E-state index contributed by atoms with van der Waals surface area (Å²) in [4.78, 5) is 24.1. The van der Waals surface area contributed by atoms with Gasteiger partial charge in [0, 0.05) is 41.9 Å². The Kier molecular flexibility index (Phi) is 8.48. The molecule has 4 nitrogen and oxygen atoms in total. The van der Waals surface area contributed by atoms with Crippen molar-refractivity contribution in [2.45, 2.75) is 19.6 Å². The SMILES string of the molecule is Sc1ccccc1C1=CC2=CC3=NC(=CC4=NC(=CC5=NC(=C(c6ccccc6S)C1=N2)C(c1ccccc1S)=C5c1ccccc1S)C=C4)C=C3. The van der Waals surface area contributed by atoms with Gasteiger partial charge in [-0.1, -0.05) is 72.8 Å². The van der Waals surface area contributed by atoms with E-state index in [0.717, 1.165) is 110 Å². The van der Waals surface area contributed by atoms with E-state index in [1.807, 2.05) is 115 Å². The maximum atomic E-state index is 5.58. The normalized spacial score (nSPS) is 17.5. The molecule has 4 aromatic carbocycles. The molecule has 0 saturated heterocycles. The third-order valence-corrected chi connectivity index (χ3v) is 10.8. The molecule has 0 amide bonds. The maximum Gasteiger partial charge on any atom is 0.0823 e. The Labute approximate surface area is 324 Å². The van der Waals surface area contributed by atoms with E-state index in [9.17, 15) is 0 Å². The summed E-state index contributed by atoms with van der Waals surface area (Å²) in [6, 6.07) is 32.4. The quantitative estimate of drug-likeness (QED) is 0.151. The summed E-state index contributed by atoms with van der Waals surface area (Å²) in [6.07, 6.45) is 16.2. The van der Waals surface area contributed by atoms with Crippen molar-refractivity contribution < 1.29 is 0 Å². The van der Waals surface area contributed by atoms with Crippen LogP contribution in [0.5, 0.6) is 0 Å². The fourth-order valence-electron chi connectivity index (χ4n) is 6.88. The van der Waals surface area contributed by atoms with Gasteiger partial charge in [-0.3, -0.25) is 0 Å². The lowest BCUT2D eigenvalue weighted by Crippen LogP contribution is -2.08. The Morgan fingerprint density at radius 1 is 0.365 bits per heavy atom. The van der Waals surface area contributed by atoms with E-state index in [-0.39, 0.29) is 0 Å². The van der Waals surface area contributed by atoms with E-state index in [1.165, 1.54) is 0 Å². The molecule has 0 radical (unpaired) electrons. The Bertz CT molecular complexity index is 2650. The minimum Gasteiger partial charge on any atom is -0.249 e. The fourth-order valence-corrected chi connectivity index (χ4v) is 7.98. The molecule has 0 N–H and O–H groups in total. The van der Waals surface area contributed by atoms with Gasteiger partial charge in [0.2, 0.25) is 0 Å². The predicted molar refractivity (Wildman–Crippen MR) is 229 cm³/mol. The Morgan fingerprint density at radius 2 is 0.827 bits per heavy atom. The summed E-state index contributed by atoms with van der Waals surface area (Å²) in [6.45, 7) is 0. The van der Waals surface area contributed by atoms with Gasteiger partial charge in [0.25, 0.3) is 0 Å². The predicted octanol–water partition coefficient (Wildman–Crippen LogP) is 10.8. The highest BCUT2D eigenvalue weighted by Crippen LogP contribution is 2.49.